The van der Waals surface area contributed by atoms with E-state index in [1.807, 2.05) is 0 Å². The van der Waals surface area contributed by atoms with E-state index >= 15 is 0 Å². The average molecular weight is 355 g/mol. The van der Waals surface area contributed by atoms with Crippen LogP contribution in [0.2, 0.25) is 0 Å². The van der Waals surface area contributed by atoms with E-state index in [-0.39, 0.29) is 30.3 Å². The normalized spacial score (nSPS) is 16.2. The Labute approximate surface area is 148 Å². The van der Waals surface area contributed by atoms with E-state index in [1.54, 1.807) is 48.7 Å². The maximum Gasteiger partial charge on any atom is 0.302 e. The number of ketones is 1. The van der Waals surface area contributed by atoms with E-state index < -0.39 is 0 Å². The smallest absolute Gasteiger partial charge is 0.302 e. The fourth-order valence-corrected chi connectivity index (χ4v) is 2.96. The maximum atomic E-state index is 12.3. The lowest BCUT2D eigenvalue weighted by Crippen LogP contribution is -2.29. The number of anilines is 2. The second-order valence-corrected chi connectivity index (χ2v) is 6.10. The van der Waals surface area contributed by atoms with Crippen LogP contribution >= 0.6 is 0 Å². The van der Waals surface area contributed by atoms with E-state index in [4.69, 9.17) is 9.15 Å². The third-order valence-corrected chi connectivity index (χ3v) is 4.50. The van der Waals surface area contributed by atoms with Crippen LogP contribution in [0.3, 0.4) is 0 Å². The summed E-state index contributed by atoms with van der Waals surface area (Å²) in [5.74, 6) is 0.807. The summed E-state index contributed by atoms with van der Waals surface area (Å²) in [5.41, 5.74) is 1.56. The van der Waals surface area contributed by atoms with Gasteiger partial charge in [-0.1, -0.05) is 0 Å². The molecule has 1 unspecified atom stereocenters. The number of benzene rings is 1. The Hall–Kier alpha value is -3.36. The Balaban J connectivity index is 1.52. The molecule has 0 spiro atoms. The second kappa shape index (κ2) is 5.87. The standard InChI is InChI=1S/C17H17N5O4/c1-9-15(24)14-16(21(9)2)18-8-22(14)7-13(23)20-17-19-11-5-4-10(25-3)6-12(11)26-17/h4-6,8-9H,7H2,1-3H3,(H,19,20,23). The first-order valence-electron chi connectivity index (χ1n) is 8.04. The van der Waals surface area contributed by atoms with Crippen molar-refractivity contribution in [1.82, 2.24) is 14.5 Å². The van der Waals surface area contributed by atoms with E-state index in [0.717, 1.165) is 0 Å². The molecule has 9 heteroatoms. The van der Waals surface area contributed by atoms with Gasteiger partial charge in [0.15, 0.2) is 11.4 Å². The van der Waals surface area contributed by atoms with Crippen molar-refractivity contribution in [2.75, 3.05) is 24.4 Å². The summed E-state index contributed by atoms with van der Waals surface area (Å²) in [5, 5.41) is 2.60. The number of carbonyl (C=O) groups excluding carboxylic acids is 2. The molecule has 1 atom stereocenters. The molecular formula is C17H17N5O4. The van der Waals surface area contributed by atoms with Crippen molar-refractivity contribution in [3.8, 4) is 5.75 Å². The van der Waals surface area contributed by atoms with Crippen molar-refractivity contribution in [2.24, 2.45) is 0 Å². The van der Waals surface area contributed by atoms with Crippen molar-refractivity contribution >= 4 is 34.6 Å². The highest BCUT2D eigenvalue weighted by Crippen LogP contribution is 2.29. The van der Waals surface area contributed by atoms with E-state index in [1.165, 1.54) is 6.33 Å². The molecule has 1 amide bonds. The molecule has 0 bridgehead atoms. The summed E-state index contributed by atoms with van der Waals surface area (Å²) in [4.78, 5) is 34.9. The lowest BCUT2D eigenvalue weighted by atomic mass is 10.2. The van der Waals surface area contributed by atoms with E-state index in [2.05, 4.69) is 15.3 Å². The number of carbonyl (C=O) groups is 2. The molecule has 1 aliphatic heterocycles. The molecule has 0 saturated heterocycles. The number of ether oxygens (including phenoxy) is 1. The van der Waals surface area contributed by atoms with Crippen LogP contribution in [0.4, 0.5) is 11.8 Å². The van der Waals surface area contributed by atoms with Gasteiger partial charge in [0.25, 0.3) is 0 Å². The molecule has 4 rings (SSSR count). The number of imidazole rings is 1. The number of nitrogens with zero attached hydrogens (tertiary/aromatic N) is 4. The second-order valence-electron chi connectivity index (χ2n) is 6.10. The van der Waals surface area contributed by atoms with Gasteiger partial charge in [-0.15, -0.1) is 0 Å². The van der Waals surface area contributed by atoms with Gasteiger partial charge in [-0.3, -0.25) is 14.9 Å². The maximum absolute atomic E-state index is 12.3. The molecule has 3 heterocycles. The monoisotopic (exact) mass is 355 g/mol. The van der Waals surface area contributed by atoms with Gasteiger partial charge in [0.1, 0.15) is 23.5 Å². The first-order valence-corrected chi connectivity index (χ1v) is 8.04. The number of rotatable bonds is 4. The van der Waals surface area contributed by atoms with Crippen LogP contribution in [0.1, 0.15) is 17.4 Å². The number of amides is 1. The van der Waals surface area contributed by atoms with Crippen LogP contribution in [-0.2, 0) is 11.3 Å². The van der Waals surface area contributed by atoms with Crippen LogP contribution in [0.25, 0.3) is 11.1 Å². The van der Waals surface area contributed by atoms with E-state index in [0.29, 0.717) is 28.4 Å². The number of Topliss-reactive ketones (excluding diaryl/α,β-unsaturated/α-hetero) is 1. The van der Waals surface area contributed by atoms with Gasteiger partial charge < -0.3 is 18.6 Å². The van der Waals surface area contributed by atoms with Crippen molar-refractivity contribution in [2.45, 2.75) is 19.5 Å². The highest BCUT2D eigenvalue weighted by Gasteiger charge is 2.36. The van der Waals surface area contributed by atoms with Gasteiger partial charge in [0.05, 0.1) is 19.5 Å². The molecule has 2 aromatic heterocycles. The zero-order valence-electron chi connectivity index (χ0n) is 14.5. The molecule has 1 aromatic carbocycles. The first kappa shape index (κ1) is 16.1. The third-order valence-electron chi connectivity index (χ3n) is 4.50. The van der Waals surface area contributed by atoms with Crippen LogP contribution in [0.5, 0.6) is 5.75 Å². The molecule has 1 aliphatic rings. The minimum atomic E-state index is -0.362. The highest BCUT2D eigenvalue weighted by molar-refractivity contribution is 6.08. The molecule has 0 aliphatic carbocycles. The molecule has 9 nitrogen and oxygen atoms in total. The van der Waals surface area contributed by atoms with Crippen LogP contribution in [0.15, 0.2) is 28.9 Å². The number of aromatic nitrogens is 3. The fraction of sp³-hybridized carbons (Fsp3) is 0.294. The van der Waals surface area contributed by atoms with Gasteiger partial charge in [-0.2, -0.15) is 4.98 Å². The molecule has 1 N–H and O–H groups in total. The fourth-order valence-electron chi connectivity index (χ4n) is 2.96. The molecule has 26 heavy (non-hydrogen) atoms. The predicted octanol–water partition coefficient (Wildman–Crippen LogP) is 1.69. The number of likely N-dealkylation sites (N-methyl/N-ethyl adjacent to an activating group) is 1. The summed E-state index contributed by atoms with van der Waals surface area (Å²) in [6.07, 6.45) is 1.49. The van der Waals surface area contributed by atoms with Crippen molar-refractivity contribution in [3.63, 3.8) is 0 Å². The first-order chi connectivity index (χ1) is 12.5. The topological polar surface area (TPSA) is 102 Å². The number of methoxy groups -OCH3 is 1. The van der Waals surface area contributed by atoms with Crippen LogP contribution in [-0.4, -0.2) is 46.4 Å². The zero-order chi connectivity index (χ0) is 18.4. The van der Waals surface area contributed by atoms with Gasteiger partial charge in [-0.25, -0.2) is 4.98 Å². The molecule has 3 aromatic rings. The minimum Gasteiger partial charge on any atom is -0.497 e. The Morgan fingerprint density at radius 1 is 1.42 bits per heavy atom. The lowest BCUT2D eigenvalue weighted by molar-refractivity contribution is -0.116. The summed E-state index contributed by atoms with van der Waals surface area (Å²) >= 11 is 0. The summed E-state index contributed by atoms with van der Waals surface area (Å²) in [6.45, 7) is 1.75. The third kappa shape index (κ3) is 2.48. The van der Waals surface area contributed by atoms with Crippen molar-refractivity contribution < 1.29 is 18.7 Å². The number of nitrogens with one attached hydrogen (secondary N) is 1. The molecule has 0 saturated carbocycles. The van der Waals surface area contributed by atoms with Crippen LogP contribution < -0.4 is 15.0 Å². The Morgan fingerprint density at radius 3 is 3.00 bits per heavy atom. The molecule has 0 fully saturated rings. The van der Waals surface area contributed by atoms with Crippen molar-refractivity contribution in [1.29, 1.82) is 0 Å². The Bertz CT molecular complexity index is 1020. The Morgan fingerprint density at radius 2 is 2.23 bits per heavy atom. The highest BCUT2D eigenvalue weighted by atomic mass is 16.5. The average Bonchev–Trinajstić information content (AvgIpc) is 3.27. The quantitative estimate of drug-likeness (QED) is 0.760. The summed E-state index contributed by atoms with van der Waals surface area (Å²) in [7, 11) is 3.36. The Kier molecular flexibility index (Phi) is 3.64. The van der Waals surface area contributed by atoms with Gasteiger partial charge in [0.2, 0.25) is 11.7 Å². The van der Waals surface area contributed by atoms with Gasteiger partial charge in [0, 0.05) is 13.1 Å². The van der Waals surface area contributed by atoms with Gasteiger partial charge in [-0.05, 0) is 19.1 Å². The molecular weight excluding hydrogens is 338 g/mol. The number of oxazole rings is 1. The predicted molar refractivity (Wildman–Crippen MR) is 93.6 cm³/mol. The SMILES string of the molecule is COc1ccc2nc(NC(=O)Cn3cnc4c3C(=O)C(C)N4C)oc2c1. The summed E-state index contributed by atoms with van der Waals surface area (Å²) < 4.78 is 12.2. The lowest BCUT2D eigenvalue weighted by Gasteiger charge is -2.14. The zero-order valence-corrected chi connectivity index (χ0v) is 14.5. The van der Waals surface area contributed by atoms with Crippen LogP contribution in [0, 0.1) is 0 Å². The number of hydrogen-bond donors (Lipinski definition) is 1. The number of hydrogen-bond acceptors (Lipinski definition) is 7. The number of fused-ring (bicyclic) bond motifs is 2. The van der Waals surface area contributed by atoms with Gasteiger partial charge >= 0.3 is 6.01 Å². The summed E-state index contributed by atoms with van der Waals surface area (Å²) in [6, 6.07) is 5.00. The molecule has 134 valence electrons. The van der Waals surface area contributed by atoms with Crippen molar-refractivity contribution in [3.05, 3.63) is 30.2 Å². The van der Waals surface area contributed by atoms with E-state index in [9.17, 15) is 9.59 Å². The molecule has 0 radical (unpaired) electrons. The largest absolute Gasteiger partial charge is 0.497 e. The minimum absolute atomic E-state index is 0.0539.